The first kappa shape index (κ1) is 16.9. The van der Waals surface area contributed by atoms with Gasteiger partial charge in [-0.15, -0.1) is 0 Å². The lowest BCUT2D eigenvalue weighted by Gasteiger charge is -2.32. The number of likely N-dealkylation sites (tertiary alicyclic amines) is 1. The molecule has 0 aromatic heterocycles. The van der Waals surface area contributed by atoms with E-state index in [1.807, 2.05) is 12.1 Å². The topological polar surface area (TPSA) is 46.4 Å². The number of nitro benzene ring substituents is 1. The minimum Gasteiger partial charge on any atom is -0.296 e. The van der Waals surface area contributed by atoms with Gasteiger partial charge in [0.25, 0.3) is 5.69 Å². The Morgan fingerprint density at radius 2 is 2.00 bits per heavy atom. The Kier molecular flexibility index (Phi) is 5.57. The van der Waals surface area contributed by atoms with E-state index >= 15 is 0 Å². The minimum absolute atomic E-state index is 0.172. The van der Waals surface area contributed by atoms with Gasteiger partial charge in [-0.3, -0.25) is 15.0 Å². The molecule has 0 unspecified atom stereocenters. The van der Waals surface area contributed by atoms with Gasteiger partial charge in [0.2, 0.25) is 0 Å². The quantitative estimate of drug-likeness (QED) is 0.538. The molecule has 0 aliphatic carbocycles. The maximum absolute atomic E-state index is 10.7. The van der Waals surface area contributed by atoms with Crippen molar-refractivity contribution in [2.24, 2.45) is 5.41 Å². The van der Waals surface area contributed by atoms with E-state index in [1.165, 1.54) is 37.7 Å². The lowest BCUT2D eigenvalue weighted by atomic mass is 9.81. The summed E-state index contributed by atoms with van der Waals surface area (Å²) in [7, 11) is 0. The second-order valence-electron chi connectivity index (χ2n) is 7.31. The summed E-state index contributed by atoms with van der Waals surface area (Å²) in [5, 5.41) is 10.7. The first-order valence-electron chi connectivity index (χ1n) is 8.39. The van der Waals surface area contributed by atoms with Crippen molar-refractivity contribution in [1.29, 1.82) is 0 Å². The second kappa shape index (κ2) is 7.23. The zero-order chi connectivity index (χ0) is 16.2. The smallest absolute Gasteiger partial charge is 0.269 e. The molecule has 0 N–H and O–H groups in total. The van der Waals surface area contributed by atoms with E-state index in [4.69, 9.17) is 0 Å². The molecule has 4 heteroatoms. The fourth-order valence-electron chi connectivity index (χ4n) is 3.71. The third-order valence-electron chi connectivity index (χ3n) is 4.75. The summed E-state index contributed by atoms with van der Waals surface area (Å²) in [6, 6.07) is 7.66. The molecular formula is C18H28N2O2. The summed E-state index contributed by atoms with van der Waals surface area (Å²) in [5.74, 6) is 0. The summed E-state index contributed by atoms with van der Waals surface area (Å²) >= 11 is 0. The summed E-state index contributed by atoms with van der Waals surface area (Å²) < 4.78 is 0. The first-order valence-corrected chi connectivity index (χ1v) is 8.39. The Labute approximate surface area is 133 Å². The molecule has 1 heterocycles. The van der Waals surface area contributed by atoms with Gasteiger partial charge in [-0.2, -0.15) is 0 Å². The molecule has 2 rings (SSSR count). The van der Waals surface area contributed by atoms with Crippen LogP contribution in [0, 0.1) is 15.5 Å². The van der Waals surface area contributed by atoms with E-state index in [0.29, 0.717) is 11.5 Å². The van der Waals surface area contributed by atoms with Gasteiger partial charge < -0.3 is 0 Å². The summed E-state index contributed by atoms with van der Waals surface area (Å²) in [4.78, 5) is 12.9. The molecule has 1 aliphatic rings. The van der Waals surface area contributed by atoms with Crippen LogP contribution >= 0.6 is 0 Å². The molecule has 1 fully saturated rings. The average molecular weight is 304 g/mol. The molecule has 0 amide bonds. The van der Waals surface area contributed by atoms with E-state index in [1.54, 1.807) is 12.1 Å². The number of non-ortho nitro benzene ring substituents is 1. The zero-order valence-corrected chi connectivity index (χ0v) is 14.0. The monoisotopic (exact) mass is 304 g/mol. The van der Waals surface area contributed by atoms with Gasteiger partial charge in [-0.1, -0.05) is 39.3 Å². The van der Waals surface area contributed by atoms with E-state index in [0.717, 1.165) is 13.1 Å². The van der Waals surface area contributed by atoms with Crippen molar-refractivity contribution in [3.8, 4) is 0 Å². The first-order chi connectivity index (χ1) is 10.4. The van der Waals surface area contributed by atoms with Gasteiger partial charge in [0.1, 0.15) is 0 Å². The van der Waals surface area contributed by atoms with E-state index in [2.05, 4.69) is 25.7 Å². The lowest BCUT2D eigenvalue weighted by Crippen LogP contribution is -2.33. The number of hydrogen-bond acceptors (Lipinski definition) is 3. The number of nitro groups is 1. The van der Waals surface area contributed by atoms with Crippen molar-refractivity contribution < 1.29 is 4.92 Å². The van der Waals surface area contributed by atoms with Gasteiger partial charge in [0, 0.05) is 24.7 Å². The Morgan fingerprint density at radius 3 is 2.59 bits per heavy atom. The minimum atomic E-state index is -0.338. The molecule has 0 spiro atoms. The van der Waals surface area contributed by atoms with Crippen LogP contribution in [0.15, 0.2) is 24.3 Å². The van der Waals surface area contributed by atoms with Crippen molar-refractivity contribution in [3.63, 3.8) is 0 Å². The third kappa shape index (κ3) is 4.54. The van der Waals surface area contributed by atoms with Crippen LogP contribution in [-0.4, -0.2) is 22.4 Å². The Morgan fingerprint density at radius 1 is 1.32 bits per heavy atom. The van der Waals surface area contributed by atoms with E-state index in [-0.39, 0.29) is 10.6 Å². The molecule has 0 radical (unpaired) electrons. The maximum atomic E-state index is 10.7. The lowest BCUT2D eigenvalue weighted by molar-refractivity contribution is -0.384. The molecule has 0 saturated carbocycles. The number of rotatable bonds is 7. The summed E-state index contributed by atoms with van der Waals surface area (Å²) in [6.45, 7) is 9.05. The van der Waals surface area contributed by atoms with E-state index < -0.39 is 0 Å². The Hall–Kier alpha value is -1.42. The van der Waals surface area contributed by atoms with Crippen LogP contribution in [0.1, 0.15) is 58.4 Å². The van der Waals surface area contributed by atoms with Crippen molar-refractivity contribution >= 4 is 5.69 Å². The van der Waals surface area contributed by atoms with Crippen LogP contribution in [0.4, 0.5) is 5.69 Å². The van der Waals surface area contributed by atoms with Crippen molar-refractivity contribution in [2.45, 2.75) is 65.5 Å². The molecule has 1 atom stereocenters. The van der Waals surface area contributed by atoms with Crippen molar-refractivity contribution in [1.82, 2.24) is 4.90 Å². The standard InChI is InChI=1S/C18H28N2O2/c1-4-11-18(2,3)13-17-6-5-12-19(17)14-15-7-9-16(10-8-15)20(21)22/h7-10,17H,4-6,11-14H2,1-3H3/t17-/m0/s1. The molecule has 1 aromatic rings. The normalized spacial score (nSPS) is 19.5. The predicted octanol–water partition coefficient (Wildman–Crippen LogP) is 4.78. The highest BCUT2D eigenvalue weighted by molar-refractivity contribution is 5.32. The van der Waals surface area contributed by atoms with Gasteiger partial charge >= 0.3 is 0 Å². The van der Waals surface area contributed by atoms with Gasteiger partial charge in [-0.05, 0) is 43.2 Å². The maximum Gasteiger partial charge on any atom is 0.269 e. The van der Waals surface area contributed by atoms with Crippen LogP contribution in [0.25, 0.3) is 0 Å². The summed E-state index contributed by atoms with van der Waals surface area (Å²) in [6.07, 6.45) is 6.30. The molecule has 1 aliphatic heterocycles. The molecule has 1 aromatic carbocycles. The molecule has 22 heavy (non-hydrogen) atoms. The molecular weight excluding hydrogens is 276 g/mol. The highest BCUT2D eigenvalue weighted by atomic mass is 16.6. The summed E-state index contributed by atoms with van der Waals surface area (Å²) in [5.41, 5.74) is 1.74. The SMILES string of the molecule is CCCC(C)(C)C[C@@H]1CCCN1Cc1ccc([N+](=O)[O-])cc1. The largest absolute Gasteiger partial charge is 0.296 e. The van der Waals surface area contributed by atoms with Crippen LogP contribution in [0.5, 0.6) is 0 Å². The van der Waals surface area contributed by atoms with Crippen LogP contribution in [-0.2, 0) is 6.54 Å². The third-order valence-corrected chi connectivity index (χ3v) is 4.75. The predicted molar refractivity (Wildman–Crippen MR) is 89.8 cm³/mol. The fourth-order valence-corrected chi connectivity index (χ4v) is 3.71. The second-order valence-corrected chi connectivity index (χ2v) is 7.31. The average Bonchev–Trinajstić information content (AvgIpc) is 2.85. The van der Waals surface area contributed by atoms with Gasteiger partial charge in [0.05, 0.1) is 4.92 Å². The highest BCUT2D eigenvalue weighted by Gasteiger charge is 2.30. The van der Waals surface area contributed by atoms with Crippen LogP contribution in [0.3, 0.4) is 0 Å². The zero-order valence-electron chi connectivity index (χ0n) is 14.0. The van der Waals surface area contributed by atoms with Crippen molar-refractivity contribution in [3.05, 3.63) is 39.9 Å². The Balaban J connectivity index is 1.97. The molecule has 4 nitrogen and oxygen atoms in total. The fraction of sp³-hybridized carbons (Fsp3) is 0.667. The highest BCUT2D eigenvalue weighted by Crippen LogP contribution is 2.34. The Bertz CT molecular complexity index is 496. The molecule has 122 valence electrons. The number of benzene rings is 1. The number of nitrogens with zero attached hydrogens (tertiary/aromatic N) is 2. The number of hydrogen-bond donors (Lipinski definition) is 0. The molecule has 1 saturated heterocycles. The van der Waals surface area contributed by atoms with Gasteiger partial charge in [0.15, 0.2) is 0 Å². The van der Waals surface area contributed by atoms with Crippen molar-refractivity contribution in [2.75, 3.05) is 6.54 Å². The molecule has 0 bridgehead atoms. The van der Waals surface area contributed by atoms with Gasteiger partial charge in [-0.25, -0.2) is 0 Å². The van der Waals surface area contributed by atoms with E-state index in [9.17, 15) is 10.1 Å². The van der Waals surface area contributed by atoms with Crippen LogP contribution < -0.4 is 0 Å². The van der Waals surface area contributed by atoms with Crippen LogP contribution in [0.2, 0.25) is 0 Å².